The highest BCUT2D eigenvalue weighted by molar-refractivity contribution is 7.90. The fraction of sp³-hybridized carbons (Fsp3) is 0.500. The van der Waals surface area contributed by atoms with Crippen molar-refractivity contribution >= 4 is 15.9 Å². The maximum atomic E-state index is 12.7. The third kappa shape index (κ3) is 2.35. The smallest absolute Gasteiger partial charge is 0.257 e. The first kappa shape index (κ1) is 16.0. The van der Waals surface area contributed by atoms with Crippen LogP contribution in [0.4, 0.5) is 0 Å². The van der Waals surface area contributed by atoms with Gasteiger partial charge in [-0.3, -0.25) is 9.69 Å². The van der Waals surface area contributed by atoms with Gasteiger partial charge in [0.05, 0.1) is 5.70 Å². The third-order valence-electron chi connectivity index (χ3n) is 4.35. The van der Waals surface area contributed by atoms with Crippen molar-refractivity contribution in [3.63, 3.8) is 0 Å². The lowest BCUT2D eigenvalue weighted by molar-refractivity contribution is -0.119. The predicted octanol–water partition coefficient (Wildman–Crippen LogP) is -0.423. The Morgan fingerprint density at radius 1 is 1.35 bits per heavy atom. The number of sulfonamides is 1. The lowest BCUT2D eigenvalue weighted by Crippen LogP contribution is -2.40. The summed E-state index contributed by atoms with van der Waals surface area (Å²) in [6, 6.07) is -1.19. The van der Waals surface area contributed by atoms with E-state index in [1.54, 1.807) is 0 Å². The van der Waals surface area contributed by atoms with Crippen LogP contribution in [0.5, 0.6) is 0 Å². The first-order valence-electron chi connectivity index (χ1n) is 7.16. The molecule has 0 aromatic heterocycles. The van der Waals surface area contributed by atoms with Gasteiger partial charge in [0.1, 0.15) is 5.25 Å². The van der Waals surface area contributed by atoms with Crippen molar-refractivity contribution in [2.45, 2.75) is 11.3 Å². The van der Waals surface area contributed by atoms with Gasteiger partial charge in [-0.25, -0.2) is 12.7 Å². The summed E-state index contributed by atoms with van der Waals surface area (Å²) in [5.74, 6) is -0.510. The Balaban J connectivity index is 2.22. The summed E-state index contributed by atoms with van der Waals surface area (Å²) in [6.45, 7) is 1.13. The van der Waals surface area contributed by atoms with Gasteiger partial charge in [0.15, 0.2) is 6.04 Å². The number of amides is 1. The molecule has 2 atom stereocenters. The second-order valence-corrected chi connectivity index (χ2v) is 8.35. The van der Waals surface area contributed by atoms with E-state index in [9.17, 15) is 18.1 Å². The predicted molar refractivity (Wildman–Crippen MR) is 84.8 cm³/mol. The average molecular weight is 338 g/mol. The van der Waals surface area contributed by atoms with E-state index >= 15 is 0 Å². The van der Waals surface area contributed by atoms with E-state index < -0.39 is 27.2 Å². The number of nitroso groups, excluding NO2 is 1. The van der Waals surface area contributed by atoms with Crippen molar-refractivity contribution in [1.82, 2.24) is 14.5 Å². The molecule has 0 spiro atoms. The summed E-state index contributed by atoms with van der Waals surface area (Å²) in [5.41, 5.74) is 2.30. The molecule has 3 rings (SSSR count). The summed E-state index contributed by atoms with van der Waals surface area (Å²) >= 11 is 0. The molecular weight excluding hydrogens is 320 g/mol. The van der Waals surface area contributed by atoms with E-state index in [0.717, 1.165) is 9.88 Å². The first-order chi connectivity index (χ1) is 10.8. The zero-order chi connectivity index (χ0) is 16.9. The topological polar surface area (TPSA) is 99.1 Å². The van der Waals surface area contributed by atoms with Crippen molar-refractivity contribution in [2.75, 3.05) is 34.2 Å². The van der Waals surface area contributed by atoms with Crippen LogP contribution in [-0.4, -0.2) is 69.1 Å². The standard InChI is InChI=1S/C14H18N4O4S/c1-17(2)23(21,22)11-6-9-12(15-14(19)13(9)16-20)10-7-18(3)5-4-8(10)11/h4,6,11,13H,5,7H2,1-3H3,(H,15,19). The van der Waals surface area contributed by atoms with Gasteiger partial charge in [-0.15, -0.1) is 4.91 Å². The second kappa shape index (κ2) is 5.36. The largest absolute Gasteiger partial charge is 0.323 e. The van der Waals surface area contributed by atoms with Gasteiger partial charge in [-0.2, -0.15) is 0 Å². The van der Waals surface area contributed by atoms with Gasteiger partial charge in [-0.1, -0.05) is 17.3 Å². The number of rotatable bonds is 3. The number of carbonyl (C=O) groups is 1. The van der Waals surface area contributed by atoms with Crippen LogP contribution in [0, 0.1) is 4.91 Å². The number of carbonyl (C=O) groups excluding carboxylic acids is 1. The molecule has 23 heavy (non-hydrogen) atoms. The quantitative estimate of drug-likeness (QED) is 0.705. The summed E-state index contributed by atoms with van der Waals surface area (Å²) in [5, 5.41) is 4.64. The second-order valence-electron chi connectivity index (χ2n) is 6.08. The molecule has 2 aliphatic heterocycles. The maximum Gasteiger partial charge on any atom is 0.257 e. The van der Waals surface area contributed by atoms with Crippen LogP contribution in [0.15, 0.2) is 39.7 Å². The Bertz CT molecular complexity index is 779. The molecule has 9 heteroatoms. The summed E-state index contributed by atoms with van der Waals surface area (Å²) in [7, 11) is 1.22. The van der Waals surface area contributed by atoms with Crippen LogP contribution in [0.2, 0.25) is 0 Å². The Kier molecular flexibility index (Phi) is 3.74. The van der Waals surface area contributed by atoms with E-state index in [4.69, 9.17) is 0 Å². The zero-order valence-corrected chi connectivity index (χ0v) is 13.9. The van der Waals surface area contributed by atoms with E-state index in [0.29, 0.717) is 29.9 Å². The molecule has 0 radical (unpaired) electrons. The highest BCUT2D eigenvalue weighted by Crippen LogP contribution is 2.39. The Morgan fingerprint density at radius 2 is 2.04 bits per heavy atom. The molecule has 1 fully saturated rings. The first-order valence-corrected chi connectivity index (χ1v) is 8.66. The van der Waals surface area contributed by atoms with Crippen LogP contribution < -0.4 is 5.32 Å². The lowest BCUT2D eigenvalue weighted by atomic mass is 9.87. The van der Waals surface area contributed by atoms with Crippen LogP contribution in [0.3, 0.4) is 0 Å². The molecule has 1 N–H and O–H groups in total. The van der Waals surface area contributed by atoms with Gasteiger partial charge < -0.3 is 5.32 Å². The molecule has 2 unspecified atom stereocenters. The van der Waals surface area contributed by atoms with Crippen LogP contribution in [0.25, 0.3) is 0 Å². The van der Waals surface area contributed by atoms with Crippen molar-refractivity contribution in [3.05, 3.63) is 39.5 Å². The Labute approximate surface area is 134 Å². The molecule has 3 aliphatic rings. The molecule has 0 aromatic rings. The molecule has 0 saturated carbocycles. The normalized spacial score (nSPS) is 28.1. The zero-order valence-electron chi connectivity index (χ0n) is 13.1. The fourth-order valence-corrected chi connectivity index (χ4v) is 4.44. The van der Waals surface area contributed by atoms with E-state index in [-0.39, 0.29) is 0 Å². The van der Waals surface area contributed by atoms with E-state index in [1.165, 1.54) is 20.2 Å². The molecule has 1 saturated heterocycles. The average Bonchev–Trinajstić information content (AvgIpc) is 2.81. The van der Waals surface area contributed by atoms with E-state index in [2.05, 4.69) is 10.5 Å². The van der Waals surface area contributed by atoms with Crippen LogP contribution in [0.1, 0.15) is 0 Å². The number of nitrogens with one attached hydrogen (secondary N) is 1. The SMILES string of the molecule is CN1CC=C2C(=C3NC(=O)C(N=O)C3=CC2S(=O)(=O)N(C)C)C1. The minimum absolute atomic E-state index is 0.364. The molecule has 0 aromatic carbocycles. The molecule has 124 valence electrons. The fourth-order valence-electron chi connectivity index (χ4n) is 3.11. The highest BCUT2D eigenvalue weighted by atomic mass is 32.2. The van der Waals surface area contributed by atoms with Gasteiger partial charge in [-0.05, 0) is 18.2 Å². The van der Waals surface area contributed by atoms with Gasteiger partial charge in [0, 0.05) is 32.8 Å². The Hall–Kier alpha value is -1.84. The van der Waals surface area contributed by atoms with Gasteiger partial charge in [0.25, 0.3) is 5.91 Å². The number of hydrogen-bond donors (Lipinski definition) is 1. The molecule has 2 heterocycles. The number of likely N-dealkylation sites (N-methyl/N-ethyl adjacent to an activating group) is 1. The molecule has 0 bridgehead atoms. The lowest BCUT2D eigenvalue weighted by Gasteiger charge is -2.34. The maximum absolute atomic E-state index is 12.7. The summed E-state index contributed by atoms with van der Waals surface area (Å²) < 4.78 is 26.5. The van der Waals surface area contributed by atoms with E-state index in [1.807, 2.05) is 18.0 Å². The van der Waals surface area contributed by atoms with Crippen LogP contribution >= 0.6 is 0 Å². The number of hydrogen-bond acceptors (Lipinski definition) is 6. The minimum Gasteiger partial charge on any atom is -0.323 e. The van der Waals surface area contributed by atoms with Crippen LogP contribution in [-0.2, 0) is 14.8 Å². The summed E-state index contributed by atoms with van der Waals surface area (Å²) in [6.07, 6.45) is 3.34. The summed E-state index contributed by atoms with van der Waals surface area (Å²) in [4.78, 5) is 25.0. The van der Waals surface area contributed by atoms with Crippen molar-refractivity contribution in [3.8, 4) is 0 Å². The van der Waals surface area contributed by atoms with Gasteiger partial charge >= 0.3 is 0 Å². The highest BCUT2D eigenvalue weighted by Gasteiger charge is 2.45. The third-order valence-corrected chi connectivity index (χ3v) is 6.40. The minimum atomic E-state index is -3.62. The van der Waals surface area contributed by atoms with Gasteiger partial charge in [0.2, 0.25) is 10.0 Å². The molecule has 1 amide bonds. The van der Waals surface area contributed by atoms with Crippen molar-refractivity contribution in [1.29, 1.82) is 0 Å². The van der Waals surface area contributed by atoms with Crippen molar-refractivity contribution < 1.29 is 13.2 Å². The Morgan fingerprint density at radius 3 is 2.65 bits per heavy atom. The molecular formula is C14H18N4O4S. The number of nitrogens with zero attached hydrogens (tertiary/aromatic N) is 3. The number of fused-ring (bicyclic) bond motifs is 2. The van der Waals surface area contributed by atoms with Crippen molar-refractivity contribution in [2.24, 2.45) is 5.18 Å². The molecule has 1 aliphatic carbocycles. The monoisotopic (exact) mass is 338 g/mol. The molecule has 8 nitrogen and oxygen atoms in total.